The molecule has 1 aromatic heterocycles. The molecule has 0 aliphatic heterocycles. The Balaban J connectivity index is 2.27. The van der Waals surface area contributed by atoms with Gasteiger partial charge in [-0.15, -0.1) is 0 Å². The molecule has 20 heavy (non-hydrogen) atoms. The summed E-state index contributed by atoms with van der Waals surface area (Å²) in [7, 11) is 1.58. The SMILES string of the molecule is CCCn1cc(Oc2cc(OC)ccc2C(=N)N)cn1. The number of aromatic nitrogens is 2. The molecule has 0 aliphatic carbocycles. The number of methoxy groups -OCH3 is 1. The summed E-state index contributed by atoms with van der Waals surface area (Å²) < 4.78 is 12.7. The Kier molecular flexibility index (Phi) is 4.24. The summed E-state index contributed by atoms with van der Waals surface area (Å²) in [5.74, 6) is 1.68. The van der Waals surface area contributed by atoms with E-state index in [9.17, 15) is 0 Å². The highest BCUT2D eigenvalue weighted by Gasteiger charge is 2.10. The van der Waals surface area contributed by atoms with Crippen molar-refractivity contribution in [3.8, 4) is 17.2 Å². The lowest BCUT2D eigenvalue weighted by Gasteiger charge is -2.10. The maximum Gasteiger partial charge on any atom is 0.165 e. The van der Waals surface area contributed by atoms with Gasteiger partial charge in [0.25, 0.3) is 0 Å². The van der Waals surface area contributed by atoms with Crippen LogP contribution in [0.1, 0.15) is 18.9 Å². The molecule has 1 aromatic carbocycles. The van der Waals surface area contributed by atoms with Crippen LogP contribution < -0.4 is 15.2 Å². The predicted molar refractivity (Wildman–Crippen MR) is 76.6 cm³/mol. The maximum atomic E-state index is 7.58. The lowest BCUT2D eigenvalue weighted by molar-refractivity contribution is 0.409. The van der Waals surface area contributed by atoms with Gasteiger partial charge in [-0.25, -0.2) is 0 Å². The van der Waals surface area contributed by atoms with Gasteiger partial charge in [-0.1, -0.05) is 6.92 Å². The second kappa shape index (κ2) is 6.10. The van der Waals surface area contributed by atoms with Crippen LogP contribution in [-0.2, 0) is 6.54 Å². The standard InChI is InChI=1S/C14H18N4O2/c1-3-6-18-9-11(8-17-18)20-13-7-10(19-2)4-5-12(13)14(15)16/h4-5,7-9H,3,6H2,1-2H3,(H3,15,16). The molecule has 106 valence electrons. The molecule has 0 aliphatic rings. The lowest BCUT2D eigenvalue weighted by Crippen LogP contribution is -2.12. The molecular weight excluding hydrogens is 256 g/mol. The van der Waals surface area contributed by atoms with E-state index in [2.05, 4.69) is 12.0 Å². The Morgan fingerprint density at radius 2 is 2.20 bits per heavy atom. The van der Waals surface area contributed by atoms with Gasteiger partial charge in [0, 0.05) is 12.6 Å². The van der Waals surface area contributed by atoms with Crippen molar-refractivity contribution in [1.82, 2.24) is 9.78 Å². The summed E-state index contributed by atoms with van der Waals surface area (Å²) in [6.45, 7) is 2.92. The first-order chi connectivity index (χ1) is 9.63. The third kappa shape index (κ3) is 3.09. The molecule has 2 aromatic rings. The van der Waals surface area contributed by atoms with Crippen LogP contribution in [0.15, 0.2) is 30.6 Å². The summed E-state index contributed by atoms with van der Waals surface area (Å²) in [5.41, 5.74) is 6.08. The van der Waals surface area contributed by atoms with Crippen molar-refractivity contribution in [3.05, 3.63) is 36.2 Å². The first kappa shape index (κ1) is 13.9. The molecule has 0 unspecified atom stereocenters. The van der Waals surface area contributed by atoms with Crippen molar-refractivity contribution >= 4 is 5.84 Å². The second-order valence-corrected chi connectivity index (χ2v) is 4.32. The highest BCUT2D eigenvalue weighted by molar-refractivity contribution is 5.97. The number of aryl methyl sites for hydroxylation is 1. The monoisotopic (exact) mass is 274 g/mol. The Bertz CT molecular complexity index is 607. The Hall–Kier alpha value is -2.50. The zero-order valence-corrected chi connectivity index (χ0v) is 11.6. The Morgan fingerprint density at radius 3 is 2.85 bits per heavy atom. The minimum Gasteiger partial charge on any atom is -0.497 e. The fraction of sp³-hybridized carbons (Fsp3) is 0.286. The third-order valence-electron chi connectivity index (χ3n) is 2.77. The minimum atomic E-state index is -0.0522. The van der Waals surface area contributed by atoms with E-state index >= 15 is 0 Å². The van der Waals surface area contributed by atoms with Crippen molar-refractivity contribution in [1.29, 1.82) is 5.41 Å². The van der Waals surface area contributed by atoms with E-state index in [0.717, 1.165) is 13.0 Å². The fourth-order valence-electron chi connectivity index (χ4n) is 1.81. The van der Waals surface area contributed by atoms with Crippen LogP contribution in [-0.4, -0.2) is 22.7 Å². The molecule has 3 N–H and O–H groups in total. The molecule has 0 saturated heterocycles. The molecule has 1 heterocycles. The number of nitrogens with one attached hydrogen (secondary N) is 1. The molecule has 6 nitrogen and oxygen atoms in total. The number of benzene rings is 1. The van der Waals surface area contributed by atoms with Gasteiger partial charge in [-0.3, -0.25) is 10.1 Å². The van der Waals surface area contributed by atoms with Crippen molar-refractivity contribution in [2.24, 2.45) is 5.73 Å². The van der Waals surface area contributed by atoms with Gasteiger partial charge in [0.05, 0.1) is 25.1 Å². The van der Waals surface area contributed by atoms with Crippen molar-refractivity contribution in [2.45, 2.75) is 19.9 Å². The largest absolute Gasteiger partial charge is 0.497 e. The van der Waals surface area contributed by atoms with E-state index < -0.39 is 0 Å². The van der Waals surface area contributed by atoms with Gasteiger partial charge in [0.1, 0.15) is 17.3 Å². The highest BCUT2D eigenvalue weighted by Crippen LogP contribution is 2.29. The number of nitrogen functional groups attached to an aromatic ring is 1. The first-order valence-corrected chi connectivity index (χ1v) is 6.36. The molecule has 0 radical (unpaired) electrons. The summed E-state index contributed by atoms with van der Waals surface area (Å²) in [4.78, 5) is 0. The summed E-state index contributed by atoms with van der Waals surface area (Å²) in [6, 6.07) is 5.14. The van der Waals surface area contributed by atoms with Crippen LogP contribution in [0.25, 0.3) is 0 Å². The van der Waals surface area contributed by atoms with Gasteiger partial charge in [0.15, 0.2) is 5.75 Å². The zero-order chi connectivity index (χ0) is 14.5. The van der Waals surface area contributed by atoms with Crippen molar-refractivity contribution in [3.63, 3.8) is 0 Å². The van der Waals surface area contributed by atoms with Crippen molar-refractivity contribution < 1.29 is 9.47 Å². The number of ether oxygens (including phenoxy) is 2. The van der Waals surface area contributed by atoms with Gasteiger partial charge in [0.2, 0.25) is 0 Å². The average Bonchev–Trinajstić information content (AvgIpc) is 2.86. The molecule has 0 amide bonds. The highest BCUT2D eigenvalue weighted by atomic mass is 16.5. The van der Waals surface area contributed by atoms with Crippen LogP contribution in [0, 0.1) is 5.41 Å². The van der Waals surface area contributed by atoms with E-state index in [1.807, 2.05) is 10.9 Å². The maximum absolute atomic E-state index is 7.58. The quantitative estimate of drug-likeness (QED) is 0.625. The van der Waals surface area contributed by atoms with Gasteiger partial charge < -0.3 is 15.2 Å². The topological polar surface area (TPSA) is 86.2 Å². The van der Waals surface area contributed by atoms with E-state index in [0.29, 0.717) is 22.8 Å². The second-order valence-electron chi connectivity index (χ2n) is 4.32. The fourth-order valence-corrected chi connectivity index (χ4v) is 1.81. The number of nitrogens with two attached hydrogens (primary N) is 1. The van der Waals surface area contributed by atoms with Crippen LogP contribution in [0.4, 0.5) is 0 Å². The summed E-state index contributed by atoms with van der Waals surface area (Å²) in [6.07, 6.45) is 4.45. The Morgan fingerprint density at radius 1 is 1.40 bits per heavy atom. The molecule has 0 bridgehead atoms. The number of hydrogen-bond donors (Lipinski definition) is 2. The molecule has 0 atom stereocenters. The molecular formula is C14H18N4O2. The number of amidine groups is 1. The number of rotatable bonds is 6. The van der Waals surface area contributed by atoms with E-state index in [-0.39, 0.29) is 5.84 Å². The zero-order valence-electron chi connectivity index (χ0n) is 11.6. The average molecular weight is 274 g/mol. The summed E-state index contributed by atoms with van der Waals surface area (Å²) >= 11 is 0. The van der Waals surface area contributed by atoms with Crippen LogP contribution in [0.3, 0.4) is 0 Å². The molecule has 6 heteroatoms. The number of hydrogen-bond acceptors (Lipinski definition) is 4. The lowest BCUT2D eigenvalue weighted by atomic mass is 10.2. The number of nitrogens with zero attached hydrogens (tertiary/aromatic N) is 2. The van der Waals surface area contributed by atoms with Gasteiger partial charge in [-0.2, -0.15) is 5.10 Å². The molecule has 0 fully saturated rings. The smallest absolute Gasteiger partial charge is 0.165 e. The normalized spacial score (nSPS) is 10.3. The molecule has 0 spiro atoms. The molecule has 0 saturated carbocycles. The van der Waals surface area contributed by atoms with Gasteiger partial charge >= 0.3 is 0 Å². The van der Waals surface area contributed by atoms with Gasteiger partial charge in [-0.05, 0) is 18.6 Å². The first-order valence-electron chi connectivity index (χ1n) is 6.36. The van der Waals surface area contributed by atoms with Crippen LogP contribution in [0.2, 0.25) is 0 Å². The van der Waals surface area contributed by atoms with Crippen molar-refractivity contribution in [2.75, 3.05) is 7.11 Å². The van der Waals surface area contributed by atoms with E-state index in [1.165, 1.54) is 0 Å². The minimum absolute atomic E-state index is 0.0522. The van der Waals surface area contributed by atoms with Crippen LogP contribution in [0.5, 0.6) is 17.2 Å². The predicted octanol–water partition coefficient (Wildman–Crippen LogP) is 2.38. The Labute approximate surface area is 117 Å². The molecule has 2 rings (SSSR count). The van der Waals surface area contributed by atoms with Crippen LogP contribution >= 0.6 is 0 Å². The van der Waals surface area contributed by atoms with E-state index in [4.69, 9.17) is 20.6 Å². The summed E-state index contributed by atoms with van der Waals surface area (Å²) in [5, 5.41) is 11.8. The van der Waals surface area contributed by atoms with E-state index in [1.54, 1.807) is 31.5 Å². The third-order valence-corrected chi connectivity index (χ3v) is 2.77.